The van der Waals surface area contributed by atoms with Crippen LogP contribution in [0.4, 0.5) is 4.39 Å². The fourth-order valence-electron chi connectivity index (χ4n) is 2.36. The highest BCUT2D eigenvalue weighted by Gasteiger charge is 2.08. The van der Waals surface area contributed by atoms with Crippen molar-refractivity contribution in [1.29, 1.82) is 0 Å². The molecule has 2 aromatic rings. The van der Waals surface area contributed by atoms with E-state index >= 15 is 0 Å². The summed E-state index contributed by atoms with van der Waals surface area (Å²) in [5.41, 5.74) is 1.64. The lowest BCUT2D eigenvalue weighted by Gasteiger charge is -2.11. The molecular formula is C19H22FNO4S. The predicted molar refractivity (Wildman–Crippen MR) is 101 cm³/mol. The van der Waals surface area contributed by atoms with E-state index in [1.807, 2.05) is 12.1 Å². The van der Waals surface area contributed by atoms with Crippen LogP contribution < -0.4 is 19.5 Å². The Morgan fingerprint density at radius 2 is 1.69 bits per heavy atom. The van der Waals surface area contributed by atoms with Crippen molar-refractivity contribution in [1.82, 2.24) is 5.32 Å². The Bertz CT molecular complexity index is 754. The molecular weight excluding hydrogens is 357 g/mol. The van der Waals surface area contributed by atoms with Crippen LogP contribution in [0.3, 0.4) is 0 Å². The van der Waals surface area contributed by atoms with Crippen molar-refractivity contribution in [3.63, 3.8) is 0 Å². The Morgan fingerprint density at radius 1 is 1.00 bits per heavy atom. The van der Waals surface area contributed by atoms with Crippen LogP contribution in [0.2, 0.25) is 0 Å². The second-order valence-corrected chi connectivity index (χ2v) is 6.40. The van der Waals surface area contributed by atoms with Crippen LogP contribution in [-0.2, 0) is 17.1 Å². The minimum absolute atomic E-state index is 0.0971. The molecule has 0 spiro atoms. The molecule has 26 heavy (non-hydrogen) atoms. The zero-order chi connectivity index (χ0) is 18.9. The van der Waals surface area contributed by atoms with Gasteiger partial charge in [0.05, 0.1) is 27.1 Å². The van der Waals surface area contributed by atoms with Crippen LogP contribution in [0.1, 0.15) is 11.1 Å². The molecule has 140 valence electrons. The first-order valence-electron chi connectivity index (χ1n) is 7.95. The Morgan fingerprint density at radius 3 is 2.38 bits per heavy atom. The number of rotatable bonds is 9. The maximum atomic E-state index is 13.3. The fourth-order valence-corrected chi connectivity index (χ4v) is 3.19. The smallest absolute Gasteiger partial charge is 0.230 e. The zero-order valence-corrected chi connectivity index (χ0v) is 15.8. The predicted octanol–water partition coefficient (Wildman–Crippen LogP) is 3.40. The lowest BCUT2D eigenvalue weighted by Crippen LogP contribution is -2.24. The highest BCUT2D eigenvalue weighted by atomic mass is 32.2. The summed E-state index contributed by atoms with van der Waals surface area (Å²) >= 11 is 1.40. The number of ether oxygens (including phenoxy) is 3. The van der Waals surface area contributed by atoms with Gasteiger partial charge in [0.1, 0.15) is 11.6 Å². The highest BCUT2D eigenvalue weighted by molar-refractivity contribution is 7.99. The van der Waals surface area contributed by atoms with Gasteiger partial charge in [-0.05, 0) is 35.9 Å². The lowest BCUT2D eigenvalue weighted by atomic mass is 10.2. The summed E-state index contributed by atoms with van der Waals surface area (Å²) in [6.07, 6.45) is 0. The molecule has 0 unspecified atom stereocenters. The number of nitrogens with one attached hydrogen (secondary N) is 1. The summed E-state index contributed by atoms with van der Waals surface area (Å²) in [6, 6.07) is 9.85. The number of benzene rings is 2. The molecule has 7 heteroatoms. The van der Waals surface area contributed by atoms with E-state index in [0.29, 0.717) is 29.5 Å². The number of carbonyl (C=O) groups excluding carboxylic acids is 1. The molecule has 0 aromatic heterocycles. The Labute approximate surface area is 156 Å². The maximum Gasteiger partial charge on any atom is 0.230 e. The largest absolute Gasteiger partial charge is 0.496 e. The normalized spacial score (nSPS) is 10.3. The zero-order valence-electron chi connectivity index (χ0n) is 15.0. The Hall–Kier alpha value is -2.41. The molecule has 0 aliphatic heterocycles. The minimum Gasteiger partial charge on any atom is -0.496 e. The van der Waals surface area contributed by atoms with Crippen molar-refractivity contribution in [3.05, 3.63) is 53.3 Å². The molecule has 0 saturated carbocycles. The molecule has 5 nitrogen and oxygen atoms in total. The van der Waals surface area contributed by atoms with E-state index in [0.717, 1.165) is 11.1 Å². The van der Waals surface area contributed by atoms with Crippen LogP contribution in [0.15, 0.2) is 36.4 Å². The second kappa shape index (κ2) is 9.91. The number of amides is 1. The van der Waals surface area contributed by atoms with Crippen molar-refractivity contribution < 1.29 is 23.4 Å². The summed E-state index contributed by atoms with van der Waals surface area (Å²) in [5.74, 6) is 2.22. The van der Waals surface area contributed by atoms with Crippen molar-refractivity contribution in [2.45, 2.75) is 12.3 Å². The Balaban J connectivity index is 1.82. The lowest BCUT2D eigenvalue weighted by molar-refractivity contribution is -0.118. The third-order valence-electron chi connectivity index (χ3n) is 3.67. The van der Waals surface area contributed by atoms with Crippen LogP contribution >= 0.6 is 11.8 Å². The standard InChI is InChI=1S/C19H22FNO4S/c1-23-16-7-5-15(20)9-14(16)11-26-12-19(22)21-10-13-4-6-17(24-2)18(8-13)25-3/h4-9H,10-12H2,1-3H3,(H,21,22). The third kappa shape index (κ3) is 5.56. The number of carbonyl (C=O) groups is 1. The molecule has 0 aliphatic rings. The number of hydrogen-bond donors (Lipinski definition) is 1. The summed E-state index contributed by atoms with van der Waals surface area (Å²) in [5, 5.41) is 2.85. The van der Waals surface area contributed by atoms with E-state index in [-0.39, 0.29) is 17.5 Å². The SMILES string of the molecule is COc1ccc(F)cc1CSCC(=O)NCc1ccc(OC)c(OC)c1. The van der Waals surface area contributed by atoms with E-state index in [2.05, 4.69) is 5.32 Å². The average Bonchev–Trinajstić information content (AvgIpc) is 2.66. The summed E-state index contributed by atoms with van der Waals surface area (Å²) < 4.78 is 29.0. The van der Waals surface area contributed by atoms with Crippen molar-refractivity contribution in [2.24, 2.45) is 0 Å². The summed E-state index contributed by atoms with van der Waals surface area (Å²) in [4.78, 5) is 12.0. The quantitative estimate of drug-likeness (QED) is 0.724. The first-order valence-corrected chi connectivity index (χ1v) is 9.10. The molecule has 1 amide bonds. The summed E-state index contributed by atoms with van der Waals surface area (Å²) in [6.45, 7) is 0.392. The van der Waals surface area contributed by atoms with Crippen LogP contribution in [0, 0.1) is 5.82 Å². The fraction of sp³-hybridized carbons (Fsp3) is 0.316. The monoisotopic (exact) mass is 379 g/mol. The minimum atomic E-state index is -0.320. The van der Waals surface area contributed by atoms with Gasteiger partial charge in [0, 0.05) is 17.9 Å². The average molecular weight is 379 g/mol. The van der Waals surface area contributed by atoms with Crippen LogP contribution in [-0.4, -0.2) is 33.0 Å². The number of halogens is 1. The maximum absolute atomic E-state index is 13.3. The van der Waals surface area contributed by atoms with E-state index in [1.165, 1.54) is 31.0 Å². The van der Waals surface area contributed by atoms with Crippen LogP contribution in [0.5, 0.6) is 17.2 Å². The topological polar surface area (TPSA) is 56.8 Å². The van der Waals surface area contributed by atoms with Crippen LogP contribution in [0.25, 0.3) is 0 Å². The molecule has 0 fully saturated rings. The summed E-state index contributed by atoms with van der Waals surface area (Å²) in [7, 11) is 4.68. The van der Waals surface area contributed by atoms with Gasteiger partial charge in [-0.15, -0.1) is 11.8 Å². The van der Waals surface area contributed by atoms with Gasteiger partial charge in [0.15, 0.2) is 11.5 Å². The van der Waals surface area contributed by atoms with Gasteiger partial charge in [-0.1, -0.05) is 6.07 Å². The molecule has 0 bridgehead atoms. The third-order valence-corrected chi connectivity index (χ3v) is 4.65. The van der Waals surface area contributed by atoms with Crippen molar-refractivity contribution in [3.8, 4) is 17.2 Å². The van der Waals surface area contributed by atoms with Gasteiger partial charge < -0.3 is 19.5 Å². The molecule has 0 radical (unpaired) electrons. The van der Waals surface area contributed by atoms with Crippen molar-refractivity contribution in [2.75, 3.05) is 27.1 Å². The number of hydrogen-bond acceptors (Lipinski definition) is 5. The van der Waals surface area contributed by atoms with Gasteiger partial charge in [-0.25, -0.2) is 4.39 Å². The molecule has 0 saturated heterocycles. The van der Waals surface area contributed by atoms with Crippen molar-refractivity contribution >= 4 is 17.7 Å². The van der Waals surface area contributed by atoms with Gasteiger partial charge in [-0.3, -0.25) is 4.79 Å². The molecule has 2 rings (SSSR count). The van der Waals surface area contributed by atoms with Gasteiger partial charge in [0.25, 0.3) is 0 Å². The van der Waals surface area contributed by atoms with Gasteiger partial charge >= 0.3 is 0 Å². The van der Waals surface area contributed by atoms with E-state index in [4.69, 9.17) is 14.2 Å². The molecule has 0 aliphatic carbocycles. The second-order valence-electron chi connectivity index (χ2n) is 5.42. The van der Waals surface area contributed by atoms with E-state index in [1.54, 1.807) is 26.4 Å². The molecule has 0 heterocycles. The first-order chi connectivity index (χ1) is 12.6. The van der Waals surface area contributed by atoms with Gasteiger partial charge in [-0.2, -0.15) is 0 Å². The van der Waals surface area contributed by atoms with E-state index < -0.39 is 0 Å². The Kier molecular flexibility index (Phi) is 7.59. The number of methoxy groups -OCH3 is 3. The first kappa shape index (κ1) is 19.9. The molecule has 0 atom stereocenters. The van der Waals surface area contributed by atoms with E-state index in [9.17, 15) is 9.18 Å². The molecule has 1 N–H and O–H groups in total. The molecule has 2 aromatic carbocycles. The highest BCUT2D eigenvalue weighted by Crippen LogP contribution is 2.27. The number of thioether (sulfide) groups is 1. The van der Waals surface area contributed by atoms with Gasteiger partial charge in [0.2, 0.25) is 5.91 Å².